The number of non-ortho nitro benzene ring substituents is 1. The van der Waals surface area contributed by atoms with Gasteiger partial charge in [0, 0.05) is 23.4 Å². The Bertz CT molecular complexity index is 1430. The quantitative estimate of drug-likeness (QED) is 0.184. The second kappa shape index (κ2) is 8.75. The first-order valence-electron chi connectivity index (χ1n) is 9.94. The summed E-state index contributed by atoms with van der Waals surface area (Å²) in [7, 11) is 1.64. The number of rotatable bonds is 7. The van der Waals surface area contributed by atoms with Crippen molar-refractivity contribution in [2.45, 2.75) is 10.9 Å². The van der Waals surface area contributed by atoms with Gasteiger partial charge in [0.25, 0.3) is 5.69 Å². The van der Waals surface area contributed by atoms with Gasteiger partial charge in [-0.15, -0.1) is 10.2 Å². The standard InChI is InChI=1S/C23H17N5O4S/c1-31-18-12-10-16(11-13-18)27-20-5-3-2-4-19(20)24-23(27)33-14-21-25-26-22(32-21)15-6-8-17(9-7-15)28(29)30/h2-13H,14H2,1H3. The first kappa shape index (κ1) is 20.7. The summed E-state index contributed by atoms with van der Waals surface area (Å²) in [5, 5.41) is 19.8. The average molecular weight is 459 g/mol. The van der Waals surface area contributed by atoms with Crippen LogP contribution >= 0.6 is 11.8 Å². The molecular weight excluding hydrogens is 442 g/mol. The number of hydrogen-bond donors (Lipinski definition) is 0. The van der Waals surface area contributed by atoms with Crippen molar-refractivity contribution < 1.29 is 14.1 Å². The SMILES string of the molecule is COc1ccc(-n2c(SCc3nnc(-c4ccc([N+](=O)[O-])cc4)o3)nc3ccccc32)cc1. The number of imidazole rings is 1. The summed E-state index contributed by atoms with van der Waals surface area (Å²) in [5.41, 5.74) is 3.46. The van der Waals surface area contributed by atoms with Gasteiger partial charge in [-0.1, -0.05) is 23.9 Å². The van der Waals surface area contributed by atoms with E-state index in [1.54, 1.807) is 19.2 Å². The van der Waals surface area contributed by atoms with Crippen LogP contribution in [0.4, 0.5) is 5.69 Å². The van der Waals surface area contributed by atoms with Crippen LogP contribution in [0.25, 0.3) is 28.2 Å². The van der Waals surface area contributed by atoms with Crippen LogP contribution in [0.3, 0.4) is 0 Å². The number of nitro groups is 1. The zero-order valence-corrected chi connectivity index (χ0v) is 18.2. The number of fused-ring (bicyclic) bond motifs is 1. The van der Waals surface area contributed by atoms with Gasteiger partial charge in [0.15, 0.2) is 5.16 Å². The Morgan fingerprint density at radius 2 is 1.79 bits per heavy atom. The van der Waals surface area contributed by atoms with Gasteiger partial charge in [-0.05, 0) is 48.5 Å². The maximum atomic E-state index is 10.8. The number of methoxy groups -OCH3 is 1. The Hall–Kier alpha value is -4.18. The fourth-order valence-corrected chi connectivity index (χ4v) is 4.23. The minimum atomic E-state index is -0.450. The number of hydrogen-bond acceptors (Lipinski definition) is 8. The highest BCUT2D eigenvalue weighted by atomic mass is 32.2. The summed E-state index contributed by atoms with van der Waals surface area (Å²) in [5.74, 6) is 1.94. The van der Waals surface area contributed by atoms with Crippen LogP contribution in [-0.2, 0) is 5.75 Å². The molecule has 10 heteroatoms. The molecule has 33 heavy (non-hydrogen) atoms. The predicted octanol–water partition coefficient (Wildman–Crippen LogP) is 5.28. The Balaban J connectivity index is 1.40. The number of thioether (sulfide) groups is 1. The molecule has 0 N–H and O–H groups in total. The van der Waals surface area contributed by atoms with Crippen LogP contribution in [0.2, 0.25) is 0 Å². The van der Waals surface area contributed by atoms with Crippen LogP contribution in [0, 0.1) is 10.1 Å². The second-order valence-corrected chi connectivity index (χ2v) is 7.95. The molecule has 0 spiro atoms. The first-order chi connectivity index (χ1) is 16.1. The molecule has 3 aromatic carbocycles. The number of para-hydroxylation sites is 2. The van der Waals surface area contributed by atoms with Gasteiger partial charge in [0.05, 0.1) is 28.8 Å². The number of nitrogens with zero attached hydrogens (tertiary/aromatic N) is 5. The molecular formula is C23H17N5O4S. The summed E-state index contributed by atoms with van der Waals surface area (Å²) in [4.78, 5) is 15.2. The van der Waals surface area contributed by atoms with Gasteiger partial charge < -0.3 is 9.15 Å². The van der Waals surface area contributed by atoms with E-state index in [2.05, 4.69) is 14.8 Å². The maximum absolute atomic E-state index is 10.8. The van der Waals surface area contributed by atoms with E-state index in [9.17, 15) is 10.1 Å². The third-order valence-electron chi connectivity index (χ3n) is 4.98. The van der Waals surface area contributed by atoms with E-state index >= 15 is 0 Å². The molecule has 9 nitrogen and oxygen atoms in total. The van der Waals surface area contributed by atoms with Gasteiger partial charge in [0.1, 0.15) is 5.75 Å². The van der Waals surface area contributed by atoms with Crippen LogP contribution in [0.1, 0.15) is 5.89 Å². The summed E-state index contributed by atoms with van der Waals surface area (Å²) in [6.07, 6.45) is 0. The summed E-state index contributed by atoms with van der Waals surface area (Å²) in [6.45, 7) is 0. The molecule has 0 bridgehead atoms. The normalized spacial score (nSPS) is 11.1. The Kier molecular flexibility index (Phi) is 5.49. The van der Waals surface area contributed by atoms with Crippen LogP contribution in [0.15, 0.2) is 82.4 Å². The molecule has 0 amide bonds. The van der Waals surface area contributed by atoms with Crippen molar-refractivity contribution in [3.05, 3.63) is 88.8 Å². The molecule has 0 radical (unpaired) electrons. The van der Waals surface area contributed by atoms with E-state index in [4.69, 9.17) is 14.1 Å². The van der Waals surface area contributed by atoms with Gasteiger partial charge in [-0.2, -0.15) is 0 Å². The minimum absolute atomic E-state index is 0.00600. The lowest BCUT2D eigenvalue weighted by Crippen LogP contribution is -1.97. The van der Waals surface area contributed by atoms with Crippen LogP contribution in [0.5, 0.6) is 5.75 Å². The van der Waals surface area contributed by atoms with Gasteiger partial charge in [0.2, 0.25) is 11.8 Å². The number of nitro benzene ring substituents is 1. The fourth-order valence-electron chi connectivity index (χ4n) is 3.36. The minimum Gasteiger partial charge on any atom is -0.497 e. The maximum Gasteiger partial charge on any atom is 0.269 e. The van der Waals surface area contributed by atoms with Crippen molar-refractivity contribution in [2.24, 2.45) is 0 Å². The molecule has 2 aromatic heterocycles. The number of benzene rings is 3. The largest absolute Gasteiger partial charge is 0.497 e. The highest BCUT2D eigenvalue weighted by molar-refractivity contribution is 7.98. The Morgan fingerprint density at radius 3 is 2.52 bits per heavy atom. The molecule has 0 saturated heterocycles. The van der Waals surface area contributed by atoms with E-state index in [1.165, 1.54) is 23.9 Å². The van der Waals surface area contributed by atoms with Crippen molar-refractivity contribution in [3.8, 4) is 22.9 Å². The van der Waals surface area contributed by atoms with E-state index in [0.29, 0.717) is 23.1 Å². The van der Waals surface area contributed by atoms with Crippen molar-refractivity contribution in [2.75, 3.05) is 7.11 Å². The van der Waals surface area contributed by atoms with Gasteiger partial charge in [-0.25, -0.2) is 4.98 Å². The number of aromatic nitrogens is 4. The van der Waals surface area contributed by atoms with Crippen molar-refractivity contribution in [1.29, 1.82) is 0 Å². The van der Waals surface area contributed by atoms with Gasteiger partial charge >= 0.3 is 0 Å². The van der Waals surface area contributed by atoms with Crippen molar-refractivity contribution in [1.82, 2.24) is 19.7 Å². The molecule has 0 aliphatic rings. The lowest BCUT2D eigenvalue weighted by atomic mass is 10.2. The molecule has 5 rings (SSSR count). The molecule has 2 heterocycles. The molecule has 0 fully saturated rings. The van der Waals surface area contributed by atoms with E-state index in [-0.39, 0.29) is 5.69 Å². The van der Waals surface area contributed by atoms with Crippen molar-refractivity contribution >= 4 is 28.5 Å². The second-order valence-electron chi connectivity index (χ2n) is 7.01. The van der Waals surface area contributed by atoms with Crippen molar-refractivity contribution in [3.63, 3.8) is 0 Å². The Morgan fingerprint density at radius 1 is 1.03 bits per heavy atom. The smallest absolute Gasteiger partial charge is 0.269 e. The van der Waals surface area contributed by atoms with Crippen LogP contribution in [-0.4, -0.2) is 31.8 Å². The highest BCUT2D eigenvalue weighted by Gasteiger charge is 2.16. The molecule has 0 saturated carbocycles. The summed E-state index contributed by atoms with van der Waals surface area (Å²) < 4.78 is 13.1. The first-order valence-corrected chi connectivity index (χ1v) is 10.9. The molecule has 0 unspecified atom stereocenters. The Labute approximate surface area is 192 Å². The highest BCUT2D eigenvalue weighted by Crippen LogP contribution is 2.31. The zero-order chi connectivity index (χ0) is 22.8. The lowest BCUT2D eigenvalue weighted by Gasteiger charge is -2.09. The lowest BCUT2D eigenvalue weighted by molar-refractivity contribution is -0.384. The fraction of sp³-hybridized carbons (Fsp3) is 0.0870. The third kappa shape index (κ3) is 4.15. The predicted molar refractivity (Wildman–Crippen MR) is 124 cm³/mol. The molecule has 5 aromatic rings. The van der Waals surface area contributed by atoms with E-state index < -0.39 is 4.92 Å². The number of ether oxygens (including phenoxy) is 1. The molecule has 164 valence electrons. The van der Waals surface area contributed by atoms with Gasteiger partial charge in [-0.3, -0.25) is 14.7 Å². The van der Waals surface area contributed by atoms with E-state index in [0.717, 1.165) is 27.6 Å². The monoisotopic (exact) mass is 459 g/mol. The molecule has 0 atom stereocenters. The van der Waals surface area contributed by atoms with Crippen LogP contribution < -0.4 is 4.74 Å². The summed E-state index contributed by atoms with van der Waals surface area (Å²) >= 11 is 1.48. The molecule has 0 aliphatic carbocycles. The zero-order valence-electron chi connectivity index (χ0n) is 17.4. The molecule has 0 aliphatic heterocycles. The summed E-state index contributed by atoms with van der Waals surface area (Å²) in [6, 6.07) is 21.7. The third-order valence-corrected chi connectivity index (χ3v) is 5.90. The average Bonchev–Trinajstić information content (AvgIpc) is 3.47. The topological polar surface area (TPSA) is 109 Å². The van der Waals surface area contributed by atoms with E-state index in [1.807, 2.05) is 48.5 Å².